The van der Waals surface area contributed by atoms with Gasteiger partial charge in [0.05, 0.1) is 18.1 Å². The van der Waals surface area contributed by atoms with Crippen molar-refractivity contribution in [2.45, 2.75) is 0 Å². The summed E-state index contributed by atoms with van der Waals surface area (Å²) in [6.07, 6.45) is 0. The van der Waals surface area contributed by atoms with Gasteiger partial charge < -0.3 is 5.32 Å². The topological polar surface area (TPSA) is 75.5 Å². The standard InChI is InChI=1S/C12H14FN3O3/c13-5-9-6-15(7-9)8-12(17)14-10-2-1-3-11(4-10)16(18)19/h1-4,9H,5-8H2,(H,14,17). The summed E-state index contributed by atoms with van der Waals surface area (Å²) >= 11 is 0. The smallest absolute Gasteiger partial charge is 0.271 e. The number of benzene rings is 1. The fourth-order valence-electron chi connectivity index (χ4n) is 2.00. The van der Waals surface area contributed by atoms with Gasteiger partial charge >= 0.3 is 0 Å². The van der Waals surface area contributed by atoms with E-state index in [1.54, 1.807) is 6.07 Å². The van der Waals surface area contributed by atoms with Gasteiger partial charge in [-0.1, -0.05) is 6.07 Å². The van der Waals surface area contributed by atoms with E-state index in [1.165, 1.54) is 18.2 Å². The molecule has 0 bridgehead atoms. The van der Waals surface area contributed by atoms with Gasteiger partial charge in [0, 0.05) is 36.8 Å². The highest BCUT2D eigenvalue weighted by Crippen LogP contribution is 2.18. The Morgan fingerprint density at radius 1 is 1.53 bits per heavy atom. The Labute approximate surface area is 109 Å². The molecule has 1 amide bonds. The van der Waals surface area contributed by atoms with Crippen molar-refractivity contribution in [2.75, 3.05) is 31.6 Å². The van der Waals surface area contributed by atoms with Crippen LogP contribution in [-0.2, 0) is 4.79 Å². The quantitative estimate of drug-likeness (QED) is 0.647. The largest absolute Gasteiger partial charge is 0.325 e. The minimum atomic E-state index is -0.517. The molecule has 102 valence electrons. The Balaban J connectivity index is 1.85. The summed E-state index contributed by atoms with van der Waals surface area (Å²) in [5.74, 6) is -0.219. The molecule has 1 heterocycles. The van der Waals surface area contributed by atoms with Crippen molar-refractivity contribution in [1.82, 2.24) is 4.90 Å². The lowest BCUT2D eigenvalue weighted by Gasteiger charge is -2.36. The number of alkyl halides is 1. The van der Waals surface area contributed by atoms with Crippen molar-refractivity contribution in [3.8, 4) is 0 Å². The van der Waals surface area contributed by atoms with Crippen LogP contribution in [0.1, 0.15) is 0 Å². The van der Waals surface area contributed by atoms with Gasteiger partial charge in [-0.25, -0.2) is 0 Å². The zero-order valence-electron chi connectivity index (χ0n) is 10.2. The van der Waals surface area contributed by atoms with Crippen molar-refractivity contribution in [2.24, 2.45) is 5.92 Å². The average molecular weight is 267 g/mol. The molecule has 7 heteroatoms. The predicted octanol–water partition coefficient (Wildman–Crippen LogP) is 1.43. The maximum absolute atomic E-state index is 12.2. The summed E-state index contributed by atoms with van der Waals surface area (Å²) in [5.41, 5.74) is 0.320. The minimum absolute atomic E-state index is 0.0330. The fraction of sp³-hybridized carbons (Fsp3) is 0.417. The molecule has 0 unspecified atom stereocenters. The summed E-state index contributed by atoms with van der Waals surface area (Å²) in [4.78, 5) is 23.6. The number of nitro benzene ring substituents is 1. The van der Waals surface area contributed by atoms with Crippen molar-refractivity contribution < 1.29 is 14.1 Å². The van der Waals surface area contributed by atoms with E-state index < -0.39 is 4.92 Å². The molecule has 19 heavy (non-hydrogen) atoms. The van der Waals surface area contributed by atoms with Gasteiger partial charge in [-0.05, 0) is 6.07 Å². The van der Waals surface area contributed by atoms with Crippen LogP contribution in [0.25, 0.3) is 0 Å². The third-order valence-corrected chi connectivity index (χ3v) is 2.96. The van der Waals surface area contributed by atoms with Crippen LogP contribution >= 0.6 is 0 Å². The first kappa shape index (κ1) is 13.4. The summed E-state index contributed by atoms with van der Waals surface area (Å²) < 4.78 is 12.2. The minimum Gasteiger partial charge on any atom is -0.325 e. The van der Waals surface area contributed by atoms with Crippen molar-refractivity contribution in [1.29, 1.82) is 0 Å². The molecule has 2 rings (SSSR count). The highest BCUT2D eigenvalue weighted by Gasteiger charge is 2.27. The molecule has 1 aliphatic rings. The van der Waals surface area contributed by atoms with Gasteiger partial charge in [0.15, 0.2) is 0 Å². The van der Waals surface area contributed by atoms with Gasteiger partial charge in [0.2, 0.25) is 5.91 Å². The lowest BCUT2D eigenvalue weighted by Crippen LogP contribution is -2.50. The van der Waals surface area contributed by atoms with Gasteiger partial charge in [-0.2, -0.15) is 0 Å². The number of amides is 1. The second kappa shape index (κ2) is 5.75. The highest BCUT2D eigenvalue weighted by atomic mass is 19.1. The van der Waals surface area contributed by atoms with E-state index in [-0.39, 0.29) is 30.7 Å². The normalized spacial score (nSPS) is 15.8. The molecule has 1 fully saturated rings. The molecule has 1 aromatic carbocycles. The molecule has 0 aliphatic carbocycles. The first-order chi connectivity index (χ1) is 9.08. The summed E-state index contributed by atoms with van der Waals surface area (Å²) in [7, 11) is 0. The first-order valence-corrected chi connectivity index (χ1v) is 5.91. The number of carbonyl (C=O) groups is 1. The molecule has 0 radical (unpaired) electrons. The predicted molar refractivity (Wildman–Crippen MR) is 67.6 cm³/mol. The number of anilines is 1. The molecular formula is C12H14FN3O3. The number of rotatable bonds is 5. The van der Waals surface area contributed by atoms with Crippen LogP contribution < -0.4 is 5.32 Å². The number of nitrogens with zero attached hydrogens (tertiary/aromatic N) is 2. The van der Waals surface area contributed by atoms with E-state index >= 15 is 0 Å². The van der Waals surface area contributed by atoms with Crippen LogP contribution in [0.4, 0.5) is 15.8 Å². The average Bonchev–Trinajstić information content (AvgIpc) is 2.33. The Bertz CT molecular complexity index is 489. The first-order valence-electron chi connectivity index (χ1n) is 5.91. The number of carbonyl (C=O) groups excluding carboxylic acids is 1. The van der Waals surface area contributed by atoms with Crippen LogP contribution in [0.5, 0.6) is 0 Å². The maximum atomic E-state index is 12.2. The van der Waals surface area contributed by atoms with Crippen molar-refractivity contribution in [3.05, 3.63) is 34.4 Å². The lowest BCUT2D eigenvalue weighted by atomic mass is 10.0. The third kappa shape index (κ3) is 3.47. The van der Waals surface area contributed by atoms with E-state index in [1.807, 2.05) is 4.90 Å². The van der Waals surface area contributed by atoms with E-state index in [2.05, 4.69) is 5.32 Å². The molecule has 6 nitrogen and oxygen atoms in total. The van der Waals surface area contributed by atoms with Crippen molar-refractivity contribution >= 4 is 17.3 Å². The van der Waals surface area contributed by atoms with Gasteiger partial charge in [-0.3, -0.25) is 24.2 Å². The number of likely N-dealkylation sites (tertiary alicyclic amines) is 1. The number of halogens is 1. The number of hydrogen-bond donors (Lipinski definition) is 1. The van der Waals surface area contributed by atoms with Crippen LogP contribution in [0.3, 0.4) is 0 Å². The number of nitro groups is 1. The number of hydrogen-bond acceptors (Lipinski definition) is 4. The molecule has 0 atom stereocenters. The van der Waals surface area contributed by atoms with Gasteiger partial charge in [-0.15, -0.1) is 0 Å². The van der Waals surface area contributed by atoms with E-state index in [0.717, 1.165) is 0 Å². The molecule has 0 spiro atoms. The molecule has 1 aliphatic heterocycles. The van der Waals surface area contributed by atoms with Crippen LogP contribution in [0.2, 0.25) is 0 Å². The van der Waals surface area contributed by atoms with Crippen LogP contribution in [0, 0.1) is 16.0 Å². The zero-order valence-corrected chi connectivity index (χ0v) is 10.2. The number of non-ortho nitro benzene ring substituents is 1. The van der Waals surface area contributed by atoms with Crippen LogP contribution in [0.15, 0.2) is 24.3 Å². The third-order valence-electron chi connectivity index (χ3n) is 2.96. The molecule has 1 aromatic rings. The van der Waals surface area contributed by atoms with Gasteiger partial charge in [0.25, 0.3) is 5.69 Å². The summed E-state index contributed by atoms with van der Waals surface area (Å²) in [5, 5.41) is 13.2. The Morgan fingerprint density at radius 3 is 2.89 bits per heavy atom. The fourth-order valence-corrected chi connectivity index (χ4v) is 2.00. The molecule has 0 saturated carbocycles. The van der Waals surface area contributed by atoms with E-state index in [4.69, 9.17) is 0 Å². The van der Waals surface area contributed by atoms with Crippen molar-refractivity contribution in [3.63, 3.8) is 0 Å². The second-order valence-corrected chi connectivity index (χ2v) is 4.57. The maximum Gasteiger partial charge on any atom is 0.271 e. The highest BCUT2D eigenvalue weighted by molar-refractivity contribution is 5.92. The Morgan fingerprint density at radius 2 is 2.26 bits per heavy atom. The summed E-state index contributed by atoms with van der Waals surface area (Å²) in [6.45, 7) is 0.986. The second-order valence-electron chi connectivity index (χ2n) is 4.57. The molecule has 0 aromatic heterocycles. The molecular weight excluding hydrogens is 253 g/mol. The van der Waals surface area contributed by atoms with E-state index in [9.17, 15) is 19.3 Å². The Kier molecular flexibility index (Phi) is 4.06. The summed E-state index contributed by atoms with van der Waals surface area (Å²) in [6, 6.07) is 5.76. The molecule has 1 N–H and O–H groups in total. The zero-order chi connectivity index (χ0) is 13.8. The lowest BCUT2D eigenvalue weighted by molar-refractivity contribution is -0.384. The van der Waals surface area contributed by atoms with E-state index in [0.29, 0.717) is 18.8 Å². The number of nitrogens with one attached hydrogen (secondary N) is 1. The Hall–Kier alpha value is -2.02. The van der Waals surface area contributed by atoms with Crippen LogP contribution in [-0.4, -0.2) is 42.0 Å². The van der Waals surface area contributed by atoms with Gasteiger partial charge in [0.1, 0.15) is 0 Å². The monoisotopic (exact) mass is 267 g/mol. The molecule has 1 saturated heterocycles. The SMILES string of the molecule is O=C(CN1CC(CF)C1)Nc1cccc([N+](=O)[O-])c1.